The second kappa shape index (κ2) is 13.3. The smallest absolute Gasteiger partial charge is 0.416 e. The van der Waals surface area contributed by atoms with Gasteiger partial charge in [-0.05, 0) is 103 Å². The van der Waals surface area contributed by atoms with E-state index < -0.39 is 76.9 Å². The van der Waals surface area contributed by atoms with Crippen LogP contribution in [0.3, 0.4) is 0 Å². The van der Waals surface area contributed by atoms with Crippen molar-refractivity contribution in [2.45, 2.75) is 62.9 Å². The van der Waals surface area contributed by atoms with Crippen LogP contribution in [-0.2, 0) is 23.3 Å². The maximum absolute atomic E-state index is 15.6. The summed E-state index contributed by atoms with van der Waals surface area (Å²) in [7, 11) is 1.19. The number of benzene rings is 4. The maximum atomic E-state index is 15.6. The average Bonchev–Trinajstić information content (AvgIpc) is 3.43. The van der Waals surface area contributed by atoms with E-state index in [2.05, 4.69) is 0 Å². The molecule has 6 nitrogen and oxygen atoms in total. The van der Waals surface area contributed by atoms with E-state index in [0.717, 1.165) is 29.2 Å². The molecule has 0 spiro atoms. The van der Waals surface area contributed by atoms with Gasteiger partial charge in [0.1, 0.15) is 17.7 Å². The van der Waals surface area contributed by atoms with Gasteiger partial charge in [-0.3, -0.25) is 4.90 Å². The van der Waals surface area contributed by atoms with Crippen molar-refractivity contribution in [1.82, 2.24) is 4.90 Å². The average molecular weight is 756 g/mol. The standard InChI is InChI=1S/C37H27F10NO5/c1-17-10-18(33(49)50)6-8-23(17)25-15-27(31(52-2)16-28(25)38)24-9-7-20(35(39,40)41)14-26(24)29-4-3-5-30-32(53-34(51)48(29)30)19-11-21(36(42,43)44)13-22(12-19)37(45,46)47/h6-16,29-30,32H,3-5H2,1-2H3,(H,49,50)/t29-,30-,32+/m0/s1. The van der Waals surface area contributed by atoms with Gasteiger partial charge in [0.05, 0.1) is 41.4 Å². The summed E-state index contributed by atoms with van der Waals surface area (Å²) in [6, 6.07) is 7.30. The van der Waals surface area contributed by atoms with Crippen molar-refractivity contribution in [2.24, 2.45) is 0 Å². The third-order valence-corrected chi connectivity index (χ3v) is 9.48. The summed E-state index contributed by atoms with van der Waals surface area (Å²) in [5, 5.41) is 9.38. The number of carboxylic acid groups (broad SMARTS) is 1. The van der Waals surface area contributed by atoms with Gasteiger partial charge in [0, 0.05) is 17.2 Å². The quantitative estimate of drug-likeness (QED) is 0.198. The van der Waals surface area contributed by atoms with Crippen LogP contribution in [0.2, 0.25) is 0 Å². The molecule has 3 atom stereocenters. The Hall–Kier alpha value is -5.28. The molecule has 0 radical (unpaired) electrons. The van der Waals surface area contributed by atoms with Crippen LogP contribution in [0.4, 0.5) is 48.7 Å². The van der Waals surface area contributed by atoms with Crippen LogP contribution < -0.4 is 4.74 Å². The maximum Gasteiger partial charge on any atom is 0.416 e. The number of hydrogen-bond acceptors (Lipinski definition) is 4. The molecule has 0 unspecified atom stereocenters. The molecule has 280 valence electrons. The van der Waals surface area contributed by atoms with Crippen molar-refractivity contribution >= 4 is 12.1 Å². The van der Waals surface area contributed by atoms with Gasteiger partial charge in [-0.2, -0.15) is 39.5 Å². The number of aryl methyl sites for hydroxylation is 1. The monoisotopic (exact) mass is 755 g/mol. The topological polar surface area (TPSA) is 76.1 Å². The highest BCUT2D eigenvalue weighted by Gasteiger charge is 2.50. The molecule has 4 aromatic carbocycles. The van der Waals surface area contributed by atoms with E-state index in [1.54, 1.807) is 0 Å². The number of aromatic carboxylic acids is 1. The highest BCUT2D eigenvalue weighted by Crippen LogP contribution is 2.51. The number of cyclic esters (lactones) is 1. The second-order valence-electron chi connectivity index (χ2n) is 12.7. The highest BCUT2D eigenvalue weighted by atomic mass is 19.4. The molecular formula is C37H27F10NO5. The van der Waals surface area contributed by atoms with Crippen LogP contribution in [0.25, 0.3) is 22.3 Å². The second-order valence-corrected chi connectivity index (χ2v) is 12.7. The summed E-state index contributed by atoms with van der Waals surface area (Å²) < 4.78 is 151. The molecule has 2 fully saturated rings. The Bertz CT molecular complexity index is 2080. The third kappa shape index (κ3) is 7.10. The van der Waals surface area contributed by atoms with E-state index in [1.165, 1.54) is 38.3 Å². The van der Waals surface area contributed by atoms with E-state index in [-0.39, 0.29) is 64.5 Å². The van der Waals surface area contributed by atoms with Gasteiger partial charge < -0.3 is 14.6 Å². The first-order valence-electron chi connectivity index (χ1n) is 15.9. The van der Waals surface area contributed by atoms with Gasteiger partial charge in [-0.15, -0.1) is 0 Å². The predicted octanol–water partition coefficient (Wildman–Crippen LogP) is 11.0. The number of rotatable bonds is 6. The lowest BCUT2D eigenvalue weighted by Crippen LogP contribution is -2.41. The molecule has 1 N–H and O–H groups in total. The number of carbonyl (C=O) groups excluding carboxylic acids is 1. The SMILES string of the molecule is COc1cc(F)c(-c2ccc(C(=O)O)cc2C)cc1-c1ccc(C(F)(F)F)cc1[C@@H]1CCC[C@H]2[C@@H](c3cc(C(F)(F)F)cc(C(F)(F)F)c3)OC(=O)N12. The Morgan fingerprint density at radius 1 is 0.774 bits per heavy atom. The number of halogens is 10. The molecule has 0 aromatic heterocycles. The molecule has 2 heterocycles. The Morgan fingerprint density at radius 3 is 1.96 bits per heavy atom. The molecule has 2 aliphatic rings. The summed E-state index contributed by atoms with van der Waals surface area (Å²) in [4.78, 5) is 26.0. The molecule has 1 amide bonds. The highest BCUT2D eigenvalue weighted by molar-refractivity contribution is 5.89. The molecule has 0 saturated carbocycles. The molecule has 2 aliphatic heterocycles. The van der Waals surface area contributed by atoms with Crippen molar-refractivity contribution in [2.75, 3.05) is 7.11 Å². The number of amides is 1. The molecule has 16 heteroatoms. The fraction of sp³-hybridized carbons (Fsp3) is 0.297. The minimum Gasteiger partial charge on any atom is -0.496 e. The lowest BCUT2D eigenvalue weighted by molar-refractivity contribution is -0.143. The molecule has 2 saturated heterocycles. The normalized spacial score (nSPS) is 19.2. The van der Waals surface area contributed by atoms with Crippen LogP contribution in [0, 0.1) is 12.7 Å². The lowest BCUT2D eigenvalue weighted by atomic mass is 9.83. The molecule has 6 rings (SSSR count). The molecule has 0 aliphatic carbocycles. The molecule has 53 heavy (non-hydrogen) atoms. The number of alkyl halides is 9. The first-order valence-corrected chi connectivity index (χ1v) is 15.9. The third-order valence-electron chi connectivity index (χ3n) is 9.48. The number of piperidine rings is 1. The minimum atomic E-state index is -5.19. The van der Waals surface area contributed by atoms with Gasteiger partial charge in [-0.1, -0.05) is 12.1 Å². The van der Waals surface area contributed by atoms with Crippen molar-refractivity contribution in [3.05, 3.63) is 111 Å². The number of carboxylic acids is 1. The van der Waals surface area contributed by atoms with Crippen molar-refractivity contribution in [3.63, 3.8) is 0 Å². The molecule has 4 aromatic rings. The Kier molecular flexibility index (Phi) is 9.40. The van der Waals surface area contributed by atoms with Crippen LogP contribution in [0.15, 0.2) is 66.7 Å². The number of ether oxygens (including phenoxy) is 2. The number of methoxy groups -OCH3 is 1. The van der Waals surface area contributed by atoms with Crippen LogP contribution in [0.1, 0.15) is 75.1 Å². The summed E-state index contributed by atoms with van der Waals surface area (Å²) in [6.45, 7) is 1.54. The summed E-state index contributed by atoms with van der Waals surface area (Å²) >= 11 is 0. The van der Waals surface area contributed by atoms with Crippen LogP contribution in [0.5, 0.6) is 5.75 Å². The van der Waals surface area contributed by atoms with Crippen molar-refractivity contribution in [3.8, 4) is 28.0 Å². The van der Waals surface area contributed by atoms with Gasteiger partial charge >= 0.3 is 30.6 Å². The lowest BCUT2D eigenvalue weighted by Gasteiger charge is -2.38. The number of nitrogens with zero attached hydrogens (tertiary/aromatic N) is 1. The minimum absolute atomic E-state index is 0.0230. The Balaban J connectivity index is 1.50. The molecule has 0 bridgehead atoms. The van der Waals surface area contributed by atoms with Gasteiger partial charge in [0.25, 0.3) is 0 Å². The Morgan fingerprint density at radius 2 is 1.40 bits per heavy atom. The predicted molar refractivity (Wildman–Crippen MR) is 168 cm³/mol. The number of hydrogen-bond donors (Lipinski definition) is 1. The van der Waals surface area contributed by atoms with E-state index in [1.807, 2.05) is 0 Å². The summed E-state index contributed by atoms with van der Waals surface area (Å²) in [6.07, 6.45) is -17.8. The summed E-state index contributed by atoms with van der Waals surface area (Å²) in [5.74, 6) is -2.16. The fourth-order valence-electron chi connectivity index (χ4n) is 7.08. The fourth-order valence-corrected chi connectivity index (χ4v) is 7.08. The van der Waals surface area contributed by atoms with Crippen molar-refractivity contribution < 1.29 is 68.1 Å². The van der Waals surface area contributed by atoms with E-state index in [9.17, 15) is 54.2 Å². The number of carbonyl (C=O) groups is 2. The zero-order valence-corrected chi connectivity index (χ0v) is 27.5. The van der Waals surface area contributed by atoms with Crippen molar-refractivity contribution in [1.29, 1.82) is 0 Å². The van der Waals surface area contributed by atoms with Gasteiger partial charge in [-0.25, -0.2) is 14.0 Å². The first kappa shape index (κ1) is 37.5. The van der Waals surface area contributed by atoms with Gasteiger partial charge in [0.15, 0.2) is 0 Å². The first-order chi connectivity index (χ1) is 24.7. The zero-order chi connectivity index (χ0) is 38.8. The summed E-state index contributed by atoms with van der Waals surface area (Å²) in [5.41, 5.74) is -4.48. The number of fused-ring (bicyclic) bond motifs is 1. The van der Waals surface area contributed by atoms with Crippen LogP contribution in [-0.4, -0.2) is 35.2 Å². The largest absolute Gasteiger partial charge is 0.496 e. The van der Waals surface area contributed by atoms with Crippen LogP contribution >= 0.6 is 0 Å². The van der Waals surface area contributed by atoms with E-state index >= 15 is 4.39 Å². The zero-order valence-electron chi connectivity index (χ0n) is 27.5. The van der Waals surface area contributed by atoms with Gasteiger partial charge in [0.2, 0.25) is 0 Å². The van der Waals surface area contributed by atoms with E-state index in [4.69, 9.17) is 9.47 Å². The van der Waals surface area contributed by atoms with E-state index in [0.29, 0.717) is 17.7 Å². The Labute approximate surface area is 294 Å². The molecular weight excluding hydrogens is 728 g/mol.